The van der Waals surface area contributed by atoms with E-state index in [0.717, 1.165) is 28.7 Å². The molecule has 4 rings (SSSR count). The Morgan fingerprint density at radius 1 is 0.878 bits per heavy atom. The molecule has 1 aliphatic heterocycles. The zero-order chi connectivity index (χ0) is 29.2. The number of hydrogen-bond acceptors (Lipinski definition) is 8. The van der Waals surface area contributed by atoms with Crippen molar-refractivity contribution >= 4 is 11.9 Å². The summed E-state index contributed by atoms with van der Waals surface area (Å²) in [4.78, 5) is 27.3. The molecular formula is C32H38N2O7. The first kappa shape index (κ1) is 29.7. The van der Waals surface area contributed by atoms with Crippen molar-refractivity contribution in [2.75, 3.05) is 47.6 Å². The predicted octanol–water partition coefficient (Wildman–Crippen LogP) is 4.11. The van der Waals surface area contributed by atoms with Crippen LogP contribution in [0.25, 0.3) is 0 Å². The topological polar surface area (TPSA) is 95.6 Å². The van der Waals surface area contributed by atoms with Gasteiger partial charge in [0.2, 0.25) is 5.91 Å². The summed E-state index contributed by atoms with van der Waals surface area (Å²) in [6, 6.07) is 19.4. The number of nitrogens with zero attached hydrogens (tertiary/aromatic N) is 1. The fourth-order valence-electron chi connectivity index (χ4n) is 5.07. The van der Waals surface area contributed by atoms with E-state index in [4.69, 9.17) is 23.7 Å². The maximum atomic E-state index is 13.1. The van der Waals surface area contributed by atoms with Gasteiger partial charge in [0.25, 0.3) is 0 Å². The number of ether oxygens (including phenoxy) is 5. The summed E-state index contributed by atoms with van der Waals surface area (Å²) in [5, 5.41) is 3.05. The second kappa shape index (κ2) is 14.4. The van der Waals surface area contributed by atoms with Gasteiger partial charge in [0.15, 0.2) is 29.6 Å². The van der Waals surface area contributed by atoms with Crippen molar-refractivity contribution in [2.24, 2.45) is 0 Å². The number of benzene rings is 3. The molecule has 3 aromatic rings. The van der Waals surface area contributed by atoms with E-state index < -0.39 is 5.97 Å². The molecule has 1 amide bonds. The Morgan fingerprint density at radius 2 is 1.61 bits per heavy atom. The van der Waals surface area contributed by atoms with Crippen LogP contribution in [0.1, 0.15) is 35.2 Å². The largest absolute Gasteiger partial charge is 0.493 e. The van der Waals surface area contributed by atoms with Crippen molar-refractivity contribution in [2.45, 2.75) is 32.4 Å². The molecule has 0 spiro atoms. The molecule has 1 atom stereocenters. The third-order valence-electron chi connectivity index (χ3n) is 7.10. The molecule has 218 valence electrons. The lowest BCUT2D eigenvalue weighted by Crippen LogP contribution is -2.43. The van der Waals surface area contributed by atoms with Gasteiger partial charge in [-0.2, -0.15) is 0 Å². The summed E-state index contributed by atoms with van der Waals surface area (Å²) in [5.74, 6) is 1.78. The second-order valence-corrected chi connectivity index (χ2v) is 9.69. The third-order valence-corrected chi connectivity index (χ3v) is 7.10. The molecule has 0 radical (unpaired) electrons. The van der Waals surface area contributed by atoms with Crippen LogP contribution in [0.3, 0.4) is 0 Å². The van der Waals surface area contributed by atoms with E-state index in [9.17, 15) is 9.59 Å². The van der Waals surface area contributed by atoms with E-state index >= 15 is 0 Å². The van der Waals surface area contributed by atoms with Gasteiger partial charge in [0, 0.05) is 19.1 Å². The standard InChI is InChI=1S/C32H38N2O7/c1-5-40-32(36)21-41-30-18-25-24(17-29(30)39-4)13-14-34(20-31(35)33-19-22-9-7-6-8-10-22)26(25)15-23-11-12-27(37-2)28(16-23)38-3/h6-12,16-18,26H,5,13-15,19-21H2,1-4H3,(H,33,35). The zero-order valence-corrected chi connectivity index (χ0v) is 24.1. The molecule has 0 bridgehead atoms. The van der Waals surface area contributed by atoms with E-state index in [2.05, 4.69) is 10.2 Å². The Labute approximate surface area is 241 Å². The van der Waals surface area contributed by atoms with Crippen LogP contribution in [-0.2, 0) is 33.7 Å². The van der Waals surface area contributed by atoms with Gasteiger partial charge in [0.05, 0.1) is 34.5 Å². The Morgan fingerprint density at radius 3 is 2.32 bits per heavy atom. The first-order valence-electron chi connectivity index (χ1n) is 13.7. The van der Waals surface area contributed by atoms with Crippen molar-refractivity contribution in [3.05, 3.63) is 82.9 Å². The Hall–Kier alpha value is -4.24. The number of fused-ring (bicyclic) bond motifs is 1. The third kappa shape index (κ3) is 7.70. The molecule has 0 aromatic heterocycles. The maximum absolute atomic E-state index is 13.1. The SMILES string of the molecule is CCOC(=O)COc1cc2c(cc1OC)CCN(CC(=O)NCc1ccccc1)C2Cc1ccc(OC)c(OC)c1. The molecule has 0 saturated heterocycles. The molecule has 3 aromatic carbocycles. The molecule has 0 aliphatic carbocycles. The molecular weight excluding hydrogens is 524 g/mol. The number of rotatable bonds is 13. The van der Waals surface area contributed by atoms with Gasteiger partial charge >= 0.3 is 5.97 Å². The summed E-state index contributed by atoms with van der Waals surface area (Å²) in [6.45, 7) is 3.19. The summed E-state index contributed by atoms with van der Waals surface area (Å²) >= 11 is 0. The molecule has 0 saturated carbocycles. The van der Waals surface area contributed by atoms with Crippen LogP contribution in [0, 0.1) is 0 Å². The van der Waals surface area contributed by atoms with Gasteiger partial charge in [-0.1, -0.05) is 36.4 Å². The van der Waals surface area contributed by atoms with E-state index in [1.54, 1.807) is 28.3 Å². The Bertz CT molecular complexity index is 1330. The number of esters is 1. The highest BCUT2D eigenvalue weighted by molar-refractivity contribution is 5.78. The Balaban J connectivity index is 1.62. The smallest absolute Gasteiger partial charge is 0.344 e. The minimum absolute atomic E-state index is 0.0538. The van der Waals surface area contributed by atoms with Crippen molar-refractivity contribution < 1.29 is 33.3 Å². The molecule has 1 N–H and O–H groups in total. The van der Waals surface area contributed by atoms with Crippen molar-refractivity contribution in [3.8, 4) is 23.0 Å². The fraction of sp³-hybridized carbons (Fsp3) is 0.375. The predicted molar refractivity (Wildman–Crippen MR) is 155 cm³/mol. The molecule has 0 fully saturated rings. The molecule has 9 heteroatoms. The van der Waals surface area contributed by atoms with Gasteiger partial charge in [0.1, 0.15) is 0 Å². The first-order chi connectivity index (χ1) is 19.9. The van der Waals surface area contributed by atoms with E-state index in [1.807, 2.05) is 60.7 Å². The monoisotopic (exact) mass is 562 g/mol. The van der Waals surface area contributed by atoms with Crippen LogP contribution in [-0.4, -0.2) is 64.4 Å². The summed E-state index contributed by atoms with van der Waals surface area (Å²) in [5.41, 5.74) is 4.19. The minimum Gasteiger partial charge on any atom is -0.493 e. The van der Waals surface area contributed by atoms with Crippen LogP contribution in [0.5, 0.6) is 23.0 Å². The zero-order valence-electron chi connectivity index (χ0n) is 24.1. The van der Waals surface area contributed by atoms with E-state index in [-0.39, 0.29) is 31.7 Å². The van der Waals surface area contributed by atoms with Gasteiger partial charge in [-0.25, -0.2) is 4.79 Å². The normalized spacial score (nSPS) is 14.5. The van der Waals surface area contributed by atoms with Gasteiger partial charge in [-0.3, -0.25) is 9.69 Å². The average molecular weight is 563 g/mol. The summed E-state index contributed by atoms with van der Waals surface area (Å²) < 4.78 is 27.4. The van der Waals surface area contributed by atoms with Gasteiger partial charge in [-0.15, -0.1) is 0 Å². The number of carbonyl (C=O) groups is 2. The number of carbonyl (C=O) groups excluding carboxylic acids is 2. The number of amides is 1. The minimum atomic E-state index is -0.453. The fourth-order valence-corrected chi connectivity index (χ4v) is 5.07. The van der Waals surface area contributed by atoms with Crippen molar-refractivity contribution in [3.63, 3.8) is 0 Å². The van der Waals surface area contributed by atoms with Crippen LogP contribution >= 0.6 is 0 Å². The average Bonchev–Trinajstić information content (AvgIpc) is 3.00. The van der Waals surface area contributed by atoms with Crippen LogP contribution in [0.15, 0.2) is 60.7 Å². The number of hydrogen-bond donors (Lipinski definition) is 1. The van der Waals surface area contributed by atoms with Crippen LogP contribution < -0.4 is 24.3 Å². The van der Waals surface area contributed by atoms with E-state index in [1.165, 1.54) is 0 Å². The quantitative estimate of drug-likeness (QED) is 0.311. The number of nitrogens with one attached hydrogen (secondary N) is 1. The molecule has 1 heterocycles. The summed E-state index contributed by atoms with van der Waals surface area (Å²) in [7, 11) is 4.79. The molecule has 41 heavy (non-hydrogen) atoms. The van der Waals surface area contributed by atoms with Gasteiger partial charge < -0.3 is 29.0 Å². The van der Waals surface area contributed by atoms with E-state index in [0.29, 0.717) is 42.5 Å². The highest BCUT2D eigenvalue weighted by Gasteiger charge is 2.31. The lowest BCUT2D eigenvalue weighted by Gasteiger charge is -2.37. The Kier molecular flexibility index (Phi) is 10.5. The molecule has 9 nitrogen and oxygen atoms in total. The second-order valence-electron chi connectivity index (χ2n) is 9.69. The summed E-state index contributed by atoms with van der Waals surface area (Å²) in [6.07, 6.45) is 1.35. The lowest BCUT2D eigenvalue weighted by molar-refractivity contribution is -0.145. The molecule has 1 aliphatic rings. The number of methoxy groups -OCH3 is 3. The van der Waals surface area contributed by atoms with Crippen LogP contribution in [0.2, 0.25) is 0 Å². The van der Waals surface area contributed by atoms with Gasteiger partial charge in [-0.05, 0) is 66.3 Å². The highest BCUT2D eigenvalue weighted by atomic mass is 16.6. The lowest BCUT2D eigenvalue weighted by atomic mass is 9.88. The highest BCUT2D eigenvalue weighted by Crippen LogP contribution is 2.40. The molecule has 1 unspecified atom stereocenters. The maximum Gasteiger partial charge on any atom is 0.344 e. The van der Waals surface area contributed by atoms with Crippen molar-refractivity contribution in [1.29, 1.82) is 0 Å². The van der Waals surface area contributed by atoms with Crippen molar-refractivity contribution in [1.82, 2.24) is 10.2 Å². The van der Waals surface area contributed by atoms with Crippen LogP contribution in [0.4, 0.5) is 0 Å². The first-order valence-corrected chi connectivity index (χ1v) is 13.7.